The van der Waals surface area contributed by atoms with E-state index in [2.05, 4.69) is 0 Å². The summed E-state index contributed by atoms with van der Waals surface area (Å²) in [7, 11) is 0. The summed E-state index contributed by atoms with van der Waals surface area (Å²) in [6.45, 7) is -0.760. The number of hydrogen-bond donors (Lipinski definition) is 5. The van der Waals surface area contributed by atoms with Crippen molar-refractivity contribution in [2.45, 2.75) is 24.4 Å². The van der Waals surface area contributed by atoms with Crippen LogP contribution in [0.3, 0.4) is 0 Å². The van der Waals surface area contributed by atoms with Crippen molar-refractivity contribution in [3.05, 3.63) is 0 Å². The van der Waals surface area contributed by atoms with Gasteiger partial charge in [-0.25, -0.2) is 0 Å². The molecule has 0 aromatic rings. The molecule has 0 rings (SSSR count). The first kappa shape index (κ1) is 27.8. The second kappa shape index (κ2) is 16.6. The van der Waals surface area contributed by atoms with Gasteiger partial charge in [0, 0.05) is 0 Å². The maximum Gasteiger partial charge on any atom is 1.00 e. The number of aliphatic hydroxyl groups excluding tert-OH is 5. The minimum Gasteiger partial charge on any atom is -0.784 e. The van der Waals surface area contributed by atoms with Gasteiger partial charge >= 0.3 is 59.1 Å². The molecule has 0 bridgehead atoms. The zero-order valence-corrected chi connectivity index (χ0v) is 14.7. The van der Waals surface area contributed by atoms with Crippen molar-refractivity contribution in [1.82, 2.24) is 0 Å². The fourth-order valence-electron chi connectivity index (χ4n) is 0.618. The molecule has 0 saturated heterocycles. The third-order valence-corrected chi connectivity index (χ3v) is 1.42. The van der Waals surface area contributed by atoms with E-state index in [0.717, 1.165) is 0 Å². The Morgan fingerprint density at radius 2 is 1.39 bits per heavy atom. The molecule has 0 aromatic heterocycles. The second-order valence-electron chi connectivity index (χ2n) is 2.56. The van der Waals surface area contributed by atoms with Crippen LogP contribution in [0, 0.1) is 0 Å². The standard InChI is InChI=1S/C6H12O6.2Na.H2O3S/c7-1-3(9)5(11)6(12)4(10)2-8;;;1-4(2)3/h1,3-6,8-12H,2H2;;;(H2,1,2,3)/q;2*+1;/p-2/t3-,4+,5+,6+;;;/m0.../s1. The fourth-order valence-corrected chi connectivity index (χ4v) is 0.618. The van der Waals surface area contributed by atoms with Gasteiger partial charge < -0.3 is 39.4 Å². The van der Waals surface area contributed by atoms with Crippen LogP contribution in [0.5, 0.6) is 0 Å². The number of aldehydes is 1. The molecule has 0 aliphatic rings. The van der Waals surface area contributed by atoms with Gasteiger partial charge in [-0.1, -0.05) is 0 Å². The number of hydrogen-bond acceptors (Lipinski definition) is 9. The molecular formula is C6H12Na2O9S. The van der Waals surface area contributed by atoms with Gasteiger partial charge in [-0.2, -0.15) is 0 Å². The van der Waals surface area contributed by atoms with Crippen LogP contribution in [0.4, 0.5) is 0 Å². The second-order valence-corrected chi connectivity index (χ2v) is 2.97. The molecule has 0 unspecified atom stereocenters. The molecule has 98 valence electrons. The molecule has 0 heterocycles. The minimum atomic E-state index is -3.11. The summed E-state index contributed by atoms with van der Waals surface area (Å²) in [5.41, 5.74) is 0. The largest absolute Gasteiger partial charge is 1.00 e. The van der Waals surface area contributed by atoms with Gasteiger partial charge in [0.2, 0.25) is 0 Å². The van der Waals surface area contributed by atoms with Gasteiger partial charge in [-0.15, -0.1) is 11.4 Å². The molecule has 18 heavy (non-hydrogen) atoms. The molecule has 0 amide bonds. The van der Waals surface area contributed by atoms with Crippen molar-refractivity contribution in [2.75, 3.05) is 6.61 Å². The molecule has 0 aliphatic heterocycles. The van der Waals surface area contributed by atoms with E-state index >= 15 is 0 Å². The maximum absolute atomic E-state index is 9.90. The molecule has 12 heteroatoms. The van der Waals surface area contributed by atoms with Crippen LogP contribution in [-0.2, 0) is 16.2 Å². The predicted octanol–water partition coefficient (Wildman–Crippen LogP) is -10.4. The Hall–Kier alpha value is 1.54. The Balaban J connectivity index is -0.000000143. The average molecular weight is 306 g/mol. The predicted molar refractivity (Wildman–Crippen MR) is 46.9 cm³/mol. The van der Waals surface area contributed by atoms with E-state index in [0.29, 0.717) is 0 Å². The first-order valence-electron chi connectivity index (χ1n) is 3.83. The van der Waals surface area contributed by atoms with E-state index in [-0.39, 0.29) is 65.4 Å². The first-order valence-corrected chi connectivity index (χ1v) is 4.83. The number of aliphatic hydroxyl groups is 5. The summed E-state index contributed by atoms with van der Waals surface area (Å²) >= 11 is -3.11. The van der Waals surface area contributed by atoms with Gasteiger partial charge in [-0.05, 0) is 0 Å². The van der Waals surface area contributed by atoms with Crippen molar-refractivity contribution in [1.29, 1.82) is 0 Å². The summed E-state index contributed by atoms with van der Waals surface area (Å²) < 4.78 is 25.3. The molecule has 4 atom stereocenters. The minimum absolute atomic E-state index is 0. The van der Waals surface area contributed by atoms with E-state index in [1.807, 2.05) is 0 Å². The number of carbonyl (C=O) groups excluding carboxylic acids is 1. The SMILES string of the molecule is O=C[C@H](O)[C@@H](O)[C@H](O)[C@H](O)CO.O=S([O-])[O-].[Na+].[Na+]. The van der Waals surface area contributed by atoms with E-state index < -0.39 is 42.4 Å². The third-order valence-electron chi connectivity index (χ3n) is 1.42. The van der Waals surface area contributed by atoms with Crippen LogP contribution in [-0.4, -0.2) is 76.2 Å². The molecule has 0 fully saturated rings. The summed E-state index contributed by atoms with van der Waals surface area (Å²) in [4.78, 5) is 9.90. The smallest absolute Gasteiger partial charge is 0.784 e. The molecule has 0 aromatic carbocycles. The Morgan fingerprint density at radius 1 is 1.06 bits per heavy atom. The van der Waals surface area contributed by atoms with Crippen molar-refractivity contribution >= 4 is 17.6 Å². The van der Waals surface area contributed by atoms with E-state index in [1.165, 1.54) is 0 Å². The Morgan fingerprint density at radius 3 is 1.61 bits per heavy atom. The monoisotopic (exact) mass is 306 g/mol. The molecule has 9 nitrogen and oxygen atoms in total. The number of rotatable bonds is 5. The van der Waals surface area contributed by atoms with Crippen molar-refractivity contribution < 1.29 is 103 Å². The third kappa shape index (κ3) is 15.6. The normalized spacial score (nSPS) is 16.0. The van der Waals surface area contributed by atoms with Crippen molar-refractivity contribution in [3.8, 4) is 0 Å². The zero-order chi connectivity index (χ0) is 13.3. The molecular weight excluding hydrogens is 294 g/mol. The average Bonchev–Trinajstić information content (AvgIpc) is 2.24. The van der Waals surface area contributed by atoms with E-state index in [1.54, 1.807) is 0 Å². The molecule has 0 spiro atoms. The van der Waals surface area contributed by atoms with Gasteiger partial charge in [0.1, 0.15) is 24.4 Å². The van der Waals surface area contributed by atoms with E-state index in [9.17, 15) is 4.79 Å². The molecule has 0 aliphatic carbocycles. The van der Waals surface area contributed by atoms with Gasteiger partial charge in [0.15, 0.2) is 6.29 Å². The van der Waals surface area contributed by atoms with Crippen LogP contribution in [0.25, 0.3) is 0 Å². The number of carbonyl (C=O) groups is 1. The van der Waals surface area contributed by atoms with Crippen molar-refractivity contribution in [3.63, 3.8) is 0 Å². The topological polar surface area (TPSA) is 181 Å². The fraction of sp³-hybridized carbons (Fsp3) is 0.833. The Kier molecular flexibility index (Phi) is 25.6. The van der Waals surface area contributed by atoms with Crippen LogP contribution < -0.4 is 59.1 Å². The van der Waals surface area contributed by atoms with Gasteiger partial charge in [0.25, 0.3) is 0 Å². The maximum atomic E-state index is 9.90. The van der Waals surface area contributed by atoms with Crippen LogP contribution in [0.2, 0.25) is 0 Å². The van der Waals surface area contributed by atoms with Gasteiger partial charge in [0.05, 0.1) is 6.61 Å². The summed E-state index contributed by atoms with van der Waals surface area (Å²) in [6.07, 6.45) is -6.84. The Bertz CT molecular complexity index is 215. The zero-order valence-electron chi connectivity index (χ0n) is 9.87. The Labute approximate surface area is 150 Å². The molecule has 0 saturated carbocycles. The molecule has 5 N–H and O–H groups in total. The quantitative estimate of drug-likeness (QED) is 0.187. The van der Waals surface area contributed by atoms with Crippen molar-refractivity contribution in [2.24, 2.45) is 0 Å². The summed E-state index contributed by atoms with van der Waals surface area (Å²) in [5, 5.41) is 43.5. The van der Waals surface area contributed by atoms with Crippen LogP contribution in [0.15, 0.2) is 0 Å². The summed E-state index contributed by atoms with van der Waals surface area (Å²) in [5.74, 6) is 0. The van der Waals surface area contributed by atoms with E-state index in [4.69, 9.17) is 38.8 Å². The first-order chi connectivity index (χ1) is 7.27. The summed E-state index contributed by atoms with van der Waals surface area (Å²) in [6, 6.07) is 0. The van der Waals surface area contributed by atoms with Crippen LogP contribution >= 0.6 is 0 Å². The van der Waals surface area contributed by atoms with Gasteiger partial charge in [-0.3, -0.25) is 4.21 Å². The molecule has 0 radical (unpaired) electrons. The van der Waals surface area contributed by atoms with Crippen LogP contribution in [0.1, 0.15) is 0 Å².